The molecule has 18 heavy (non-hydrogen) atoms. The van der Waals surface area contributed by atoms with Crippen molar-refractivity contribution in [2.75, 3.05) is 6.61 Å². The summed E-state index contributed by atoms with van der Waals surface area (Å²) < 4.78 is 7.01. The minimum absolute atomic E-state index is 0.219. The molecule has 1 atom stereocenters. The second kappa shape index (κ2) is 5.16. The van der Waals surface area contributed by atoms with Gasteiger partial charge < -0.3 is 9.30 Å². The average Bonchev–Trinajstić information content (AvgIpc) is 2.74. The highest BCUT2D eigenvalue weighted by atomic mass is 16.5. The van der Waals surface area contributed by atoms with Gasteiger partial charge in [-0.05, 0) is 19.4 Å². The third-order valence-corrected chi connectivity index (χ3v) is 3.00. The van der Waals surface area contributed by atoms with Gasteiger partial charge in [0.2, 0.25) is 0 Å². The zero-order valence-electron chi connectivity index (χ0n) is 10.9. The van der Waals surface area contributed by atoms with Crippen molar-refractivity contribution >= 4 is 17.0 Å². The van der Waals surface area contributed by atoms with Gasteiger partial charge >= 0.3 is 5.97 Å². The summed E-state index contributed by atoms with van der Waals surface area (Å²) in [6.07, 6.45) is 4.08. The first-order valence-electron chi connectivity index (χ1n) is 6.11. The summed E-state index contributed by atoms with van der Waals surface area (Å²) in [4.78, 5) is 20.4. The molecular weight excluding hydrogens is 230 g/mol. The fourth-order valence-electron chi connectivity index (χ4n) is 2.09. The summed E-state index contributed by atoms with van der Waals surface area (Å²) in [5.74, 6) is -0.540. The van der Waals surface area contributed by atoms with Crippen LogP contribution in [0, 0.1) is 0 Å². The van der Waals surface area contributed by atoms with Gasteiger partial charge in [-0.2, -0.15) is 0 Å². The Morgan fingerprint density at radius 1 is 1.44 bits per heavy atom. The maximum absolute atomic E-state index is 11.9. The predicted molar refractivity (Wildman–Crippen MR) is 68.2 cm³/mol. The van der Waals surface area contributed by atoms with Crippen LogP contribution in [0.15, 0.2) is 18.6 Å². The van der Waals surface area contributed by atoms with E-state index in [0.717, 1.165) is 16.7 Å². The minimum Gasteiger partial charge on any atom is -0.465 e. The highest BCUT2D eigenvalue weighted by Gasteiger charge is 2.24. The molecule has 0 saturated heterocycles. The van der Waals surface area contributed by atoms with Gasteiger partial charge in [0.15, 0.2) is 0 Å². The van der Waals surface area contributed by atoms with E-state index in [4.69, 9.17) is 4.74 Å². The van der Waals surface area contributed by atoms with E-state index in [2.05, 4.69) is 9.97 Å². The lowest BCUT2D eigenvalue weighted by atomic mass is 10.00. The molecular formula is C13H17N3O2. The van der Waals surface area contributed by atoms with Crippen LogP contribution in [0.2, 0.25) is 0 Å². The first-order valence-corrected chi connectivity index (χ1v) is 6.11. The Labute approximate surface area is 106 Å². The van der Waals surface area contributed by atoms with E-state index in [1.165, 1.54) is 6.33 Å². The van der Waals surface area contributed by atoms with E-state index in [-0.39, 0.29) is 11.9 Å². The highest BCUT2D eigenvalue weighted by molar-refractivity contribution is 5.86. The zero-order valence-corrected chi connectivity index (χ0v) is 10.9. The van der Waals surface area contributed by atoms with Crippen LogP contribution in [0.5, 0.6) is 0 Å². The standard InChI is InChI=1S/C13H17N3O2/c1-4-9(13(17)18-5-2)11-10-6-7-16(3)12(10)15-8-14-11/h6-9H,4-5H2,1-3H3. The molecule has 0 bridgehead atoms. The van der Waals surface area contributed by atoms with Crippen LogP contribution in [0.4, 0.5) is 0 Å². The molecule has 5 nitrogen and oxygen atoms in total. The third kappa shape index (κ3) is 2.08. The van der Waals surface area contributed by atoms with Crippen molar-refractivity contribution in [3.8, 4) is 0 Å². The van der Waals surface area contributed by atoms with Crippen LogP contribution >= 0.6 is 0 Å². The Morgan fingerprint density at radius 3 is 2.89 bits per heavy atom. The maximum Gasteiger partial charge on any atom is 0.315 e. The molecule has 0 aliphatic rings. The summed E-state index contributed by atoms with van der Waals surface area (Å²) in [5, 5.41) is 0.917. The lowest BCUT2D eigenvalue weighted by Crippen LogP contribution is -2.17. The molecule has 1 unspecified atom stereocenters. The number of nitrogens with zero attached hydrogens (tertiary/aromatic N) is 3. The first kappa shape index (κ1) is 12.5. The number of hydrogen-bond donors (Lipinski definition) is 0. The fourth-order valence-corrected chi connectivity index (χ4v) is 2.09. The van der Waals surface area contributed by atoms with Gasteiger partial charge in [0.05, 0.1) is 18.2 Å². The number of esters is 1. The Bertz CT molecular complexity index is 562. The smallest absolute Gasteiger partial charge is 0.315 e. The Balaban J connectivity index is 2.48. The highest BCUT2D eigenvalue weighted by Crippen LogP contribution is 2.26. The molecule has 0 radical (unpaired) electrons. The van der Waals surface area contributed by atoms with Gasteiger partial charge in [-0.15, -0.1) is 0 Å². The van der Waals surface area contributed by atoms with Crippen LogP contribution in [0.3, 0.4) is 0 Å². The number of ether oxygens (including phenoxy) is 1. The van der Waals surface area contributed by atoms with Crippen LogP contribution in [-0.2, 0) is 16.6 Å². The molecule has 0 aromatic carbocycles. The van der Waals surface area contributed by atoms with E-state index < -0.39 is 0 Å². The van der Waals surface area contributed by atoms with E-state index in [0.29, 0.717) is 13.0 Å². The number of aryl methyl sites for hydroxylation is 1. The monoisotopic (exact) mass is 247 g/mol. The number of aromatic nitrogens is 3. The summed E-state index contributed by atoms with van der Waals surface area (Å²) >= 11 is 0. The summed E-state index contributed by atoms with van der Waals surface area (Å²) in [6, 6.07) is 1.94. The van der Waals surface area contributed by atoms with Crippen LogP contribution in [0.25, 0.3) is 11.0 Å². The topological polar surface area (TPSA) is 57.0 Å². The molecule has 0 aliphatic carbocycles. The SMILES string of the molecule is CCOC(=O)C(CC)c1ncnc2c1ccn2C. The maximum atomic E-state index is 11.9. The van der Waals surface area contributed by atoms with E-state index in [1.807, 2.05) is 37.7 Å². The van der Waals surface area contributed by atoms with Crippen molar-refractivity contribution in [1.29, 1.82) is 0 Å². The average molecular weight is 247 g/mol. The lowest BCUT2D eigenvalue weighted by Gasteiger charge is -2.13. The van der Waals surface area contributed by atoms with Crippen molar-refractivity contribution < 1.29 is 9.53 Å². The number of carbonyl (C=O) groups excluding carboxylic acids is 1. The predicted octanol–water partition coefficient (Wildman–Crippen LogP) is 2.02. The van der Waals surface area contributed by atoms with Crippen molar-refractivity contribution in [2.24, 2.45) is 7.05 Å². The second-order valence-electron chi connectivity index (χ2n) is 4.14. The van der Waals surface area contributed by atoms with Gasteiger partial charge in [-0.3, -0.25) is 4.79 Å². The van der Waals surface area contributed by atoms with Crippen LogP contribution in [0.1, 0.15) is 31.9 Å². The molecule has 0 aliphatic heterocycles. The molecule has 0 saturated carbocycles. The van der Waals surface area contributed by atoms with Gasteiger partial charge in [-0.1, -0.05) is 6.92 Å². The van der Waals surface area contributed by atoms with E-state index >= 15 is 0 Å². The Morgan fingerprint density at radius 2 is 2.22 bits per heavy atom. The first-order chi connectivity index (χ1) is 8.69. The molecule has 0 N–H and O–H groups in total. The molecule has 0 fully saturated rings. The van der Waals surface area contributed by atoms with E-state index in [1.54, 1.807) is 0 Å². The third-order valence-electron chi connectivity index (χ3n) is 3.00. The van der Waals surface area contributed by atoms with Crippen LogP contribution < -0.4 is 0 Å². The Hall–Kier alpha value is -1.91. The molecule has 5 heteroatoms. The molecule has 0 spiro atoms. The van der Waals surface area contributed by atoms with Crippen molar-refractivity contribution in [3.05, 3.63) is 24.3 Å². The number of hydrogen-bond acceptors (Lipinski definition) is 4. The van der Waals surface area contributed by atoms with Gasteiger partial charge in [-0.25, -0.2) is 9.97 Å². The van der Waals surface area contributed by atoms with Crippen molar-refractivity contribution in [3.63, 3.8) is 0 Å². The largest absolute Gasteiger partial charge is 0.465 e. The molecule has 2 aromatic heterocycles. The van der Waals surface area contributed by atoms with E-state index in [9.17, 15) is 4.79 Å². The molecule has 0 amide bonds. The number of carbonyl (C=O) groups is 1. The quantitative estimate of drug-likeness (QED) is 0.776. The van der Waals surface area contributed by atoms with Gasteiger partial charge in [0, 0.05) is 18.6 Å². The van der Waals surface area contributed by atoms with Crippen LogP contribution in [-0.4, -0.2) is 27.1 Å². The molecule has 2 aromatic rings. The summed E-state index contributed by atoms with van der Waals surface area (Å²) in [7, 11) is 1.92. The van der Waals surface area contributed by atoms with Crippen molar-refractivity contribution in [1.82, 2.24) is 14.5 Å². The van der Waals surface area contributed by atoms with Gasteiger partial charge in [0.25, 0.3) is 0 Å². The van der Waals surface area contributed by atoms with Crippen molar-refractivity contribution in [2.45, 2.75) is 26.2 Å². The normalized spacial score (nSPS) is 12.6. The Kier molecular flexibility index (Phi) is 3.60. The fraction of sp³-hybridized carbons (Fsp3) is 0.462. The summed E-state index contributed by atoms with van der Waals surface area (Å²) in [6.45, 7) is 4.15. The lowest BCUT2D eigenvalue weighted by molar-refractivity contribution is -0.145. The zero-order chi connectivity index (χ0) is 13.1. The molecule has 2 rings (SSSR count). The molecule has 96 valence electrons. The second-order valence-corrected chi connectivity index (χ2v) is 4.14. The summed E-state index contributed by atoms with van der Waals surface area (Å²) in [5.41, 5.74) is 1.59. The number of rotatable bonds is 4. The minimum atomic E-state index is -0.321. The molecule has 2 heterocycles. The van der Waals surface area contributed by atoms with Gasteiger partial charge in [0.1, 0.15) is 12.0 Å². The number of fused-ring (bicyclic) bond motifs is 1.